The number of amides is 2. The van der Waals surface area contributed by atoms with Crippen LogP contribution in [-0.4, -0.2) is 65.2 Å². The fraction of sp³-hybridized carbons (Fsp3) is 0.444. The number of fused-ring (bicyclic) bond motifs is 3. The van der Waals surface area contributed by atoms with E-state index < -0.39 is 24.0 Å². The van der Waals surface area contributed by atoms with Crippen LogP contribution in [-0.2, 0) is 14.3 Å². The van der Waals surface area contributed by atoms with Gasteiger partial charge in [-0.1, -0.05) is 55.5 Å². The smallest absolute Gasteiger partial charge is 0.407 e. The lowest BCUT2D eigenvalue weighted by atomic mass is 9.98. The Labute approximate surface area is 210 Å². The number of hydrogen-bond acceptors (Lipinski definition) is 5. The van der Waals surface area contributed by atoms with Crippen LogP contribution in [0.2, 0.25) is 0 Å². The SMILES string of the molecule is CCC1C(C(=O)O)CCN1C(=O)[C@H](CCSC)NC(=O)OCC1c2ccccc2-c2ccccc21. The Bertz CT molecular complexity index is 1050. The molecule has 2 aromatic carbocycles. The summed E-state index contributed by atoms with van der Waals surface area (Å²) in [5.74, 6) is -1.06. The summed E-state index contributed by atoms with van der Waals surface area (Å²) in [5.41, 5.74) is 4.55. The maximum Gasteiger partial charge on any atom is 0.407 e. The van der Waals surface area contributed by atoms with Crippen LogP contribution >= 0.6 is 11.8 Å². The number of ether oxygens (including phenoxy) is 1. The van der Waals surface area contributed by atoms with Crippen LogP contribution in [0.5, 0.6) is 0 Å². The van der Waals surface area contributed by atoms with Crippen molar-refractivity contribution in [1.82, 2.24) is 10.2 Å². The van der Waals surface area contributed by atoms with E-state index >= 15 is 0 Å². The van der Waals surface area contributed by atoms with Crippen LogP contribution in [0.4, 0.5) is 4.79 Å². The lowest BCUT2D eigenvalue weighted by molar-refractivity contribution is -0.143. The van der Waals surface area contributed by atoms with Gasteiger partial charge in [-0.3, -0.25) is 9.59 Å². The van der Waals surface area contributed by atoms with Gasteiger partial charge in [0.25, 0.3) is 0 Å². The molecule has 1 fully saturated rings. The minimum Gasteiger partial charge on any atom is -0.481 e. The summed E-state index contributed by atoms with van der Waals surface area (Å²) in [6.07, 6.45) is 2.76. The summed E-state index contributed by atoms with van der Waals surface area (Å²) in [7, 11) is 0. The standard InChI is InChI=1S/C27H32N2O5S/c1-3-24-21(26(31)32)12-14-29(24)25(30)23(13-15-35-2)28-27(33)34-16-22-19-10-6-4-8-17(19)18-9-5-7-11-20(18)22/h4-11,21-24H,3,12-16H2,1-2H3,(H,28,33)(H,31,32)/t21?,23-,24?/m0/s1. The molecule has 1 heterocycles. The quantitative estimate of drug-likeness (QED) is 0.536. The summed E-state index contributed by atoms with van der Waals surface area (Å²) in [6, 6.07) is 15.1. The topological polar surface area (TPSA) is 95.9 Å². The van der Waals surface area contributed by atoms with E-state index in [9.17, 15) is 19.5 Å². The largest absolute Gasteiger partial charge is 0.481 e. The third-order valence-corrected chi connectivity index (χ3v) is 7.75. The molecule has 1 aliphatic heterocycles. The van der Waals surface area contributed by atoms with Crippen molar-refractivity contribution >= 4 is 29.7 Å². The first kappa shape index (κ1) is 25.1. The molecule has 0 saturated carbocycles. The van der Waals surface area contributed by atoms with Gasteiger partial charge >= 0.3 is 12.1 Å². The molecule has 35 heavy (non-hydrogen) atoms. The first-order valence-electron chi connectivity index (χ1n) is 12.1. The highest BCUT2D eigenvalue weighted by Crippen LogP contribution is 2.44. The van der Waals surface area contributed by atoms with Gasteiger partial charge < -0.3 is 20.1 Å². The molecule has 0 radical (unpaired) electrons. The molecular weight excluding hydrogens is 464 g/mol. The van der Waals surface area contributed by atoms with Crippen LogP contribution in [0.25, 0.3) is 11.1 Å². The van der Waals surface area contributed by atoms with Gasteiger partial charge in [-0.2, -0.15) is 11.8 Å². The van der Waals surface area contributed by atoms with Crippen LogP contribution in [0.3, 0.4) is 0 Å². The van der Waals surface area contributed by atoms with Crippen LogP contribution in [0.15, 0.2) is 48.5 Å². The number of nitrogens with one attached hydrogen (secondary N) is 1. The third kappa shape index (κ3) is 5.17. The fourth-order valence-corrected chi connectivity index (χ4v) is 5.87. The monoisotopic (exact) mass is 496 g/mol. The van der Waals surface area contributed by atoms with E-state index in [0.29, 0.717) is 31.6 Å². The van der Waals surface area contributed by atoms with Gasteiger partial charge in [0, 0.05) is 18.5 Å². The van der Waals surface area contributed by atoms with Crippen LogP contribution in [0.1, 0.15) is 43.2 Å². The number of nitrogens with zero attached hydrogens (tertiary/aromatic N) is 1. The molecule has 4 rings (SSSR count). The highest BCUT2D eigenvalue weighted by Gasteiger charge is 2.42. The number of aliphatic carboxylic acids is 1. The highest BCUT2D eigenvalue weighted by molar-refractivity contribution is 7.98. The zero-order valence-corrected chi connectivity index (χ0v) is 20.9. The number of carbonyl (C=O) groups excluding carboxylic acids is 2. The Morgan fingerprint density at radius 2 is 1.74 bits per heavy atom. The van der Waals surface area contributed by atoms with Gasteiger partial charge in [0.15, 0.2) is 0 Å². The van der Waals surface area contributed by atoms with Crippen molar-refractivity contribution in [2.45, 2.75) is 44.2 Å². The van der Waals surface area contributed by atoms with E-state index in [1.165, 1.54) is 0 Å². The summed E-state index contributed by atoms with van der Waals surface area (Å²) >= 11 is 1.59. The molecule has 3 atom stereocenters. The Kier molecular flexibility index (Phi) is 8.00. The Balaban J connectivity index is 1.43. The molecular formula is C27H32N2O5S. The number of carboxylic acids is 1. The maximum atomic E-state index is 13.4. The van der Waals surface area contributed by atoms with Crippen molar-refractivity contribution in [2.24, 2.45) is 5.92 Å². The molecule has 0 spiro atoms. The second-order valence-electron chi connectivity index (χ2n) is 9.04. The van der Waals surface area contributed by atoms with Gasteiger partial charge in [-0.15, -0.1) is 0 Å². The third-order valence-electron chi connectivity index (χ3n) is 7.11. The van der Waals surface area contributed by atoms with E-state index in [1.807, 2.05) is 37.4 Å². The van der Waals surface area contributed by atoms with E-state index in [0.717, 1.165) is 22.3 Å². The zero-order valence-electron chi connectivity index (χ0n) is 20.1. The lowest BCUT2D eigenvalue weighted by Crippen LogP contribution is -2.51. The number of alkyl carbamates (subject to hydrolysis) is 1. The fourth-order valence-electron chi connectivity index (χ4n) is 5.40. The molecule has 2 N–H and O–H groups in total. The minimum absolute atomic E-state index is 0.0622. The molecule has 1 aliphatic carbocycles. The Morgan fingerprint density at radius 3 is 2.31 bits per heavy atom. The predicted molar refractivity (Wildman–Crippen MR) is 137 cm³/mol. The van der Waals surface area contributed by atoms with Crippen molar-refractivity contribution in [3.05, 3.63) is 59.7 Å². The van der Waals surface area contributed by atoms with Gasteiger partial charge in [0.1, 0.15) is 12.6 Å². The van der Waals surface area contributed by atoms with Crippen molar-refractivity contribution < 1.29 is 24.2 Å². The number of rotatable bonds is 9. The van der Waals surface area contributed by atoms with Gasteiger partial charge in [0.2, 0.25) is 5.91 Å². The first-order valence-corrected chi connectivity index (χ1v) is 13.5. The van der Waals surface area contributed by atoms with Gasteiger partial charge in [-0.25, -0.2) is 4.79 Å². The average Bonchev–Trinajstić information content (AvgIpc) is 3.44. The van der Waals surface area contributed by atoms with E-state index in [4.69, 9.17) is 4.74 Å². The summed E-state index contributed by atoms with van der Waals surface area (Å²) in [5, 5.41) is 12.3. The Hall–Kier alpha value is -3.00. The predicted octanol–water partition coefficient (Wildman–Crippen LogP) is 4.36. The van der Waals surface area contributed by atoms with Crippen molar-refractivity contribution in [3.8, 4) is 11.1 Å². The van der Waals surface area contributed by atoms with Crippen molar-refractivity contribution in [3.63, 3.8) is 0 Å². The van der Waals surface area contributed by atoms with Crippen LogP contribution < -0.4 is 5.32 Å². The molecule has 2 unspecified atom stereocenters. The van der Waals surface area contributed by atoms with Crippen molar-refractivity contribution in [2.75, 3.05) is 25.2 Å². The molecule has 0 aromatic heterocycles. The summed E-state index contributed by atoms with van der Waals surface area (Å²) in [4.78, 5) is 39.4. The Morgan fingerprint density at radius 1 is 1.11 bits per heavy atom. The second-order valence-corrected chi connectivity index (χ2v) is 10.0. The van der Waals surface area contributed by atoms with Crippen LogP contribution in [0, 0.1) is 5.92 Å². The number of carbonyl (C=O) groups is 3. The van der Waals surface area contributed by atoms with E-state index in [-0.39, 0.29) is 24.5 Å². The number of thioether (sulfide) groups is 1. The molecule has 8 heteroatoms. The van der Waals surface area contributed by atoms with E-state index in [1.54, 1.807) is 16.7 Å². The summed E-state index contributed by atoms with van der Waals surface area (Å²) < 4.78 is 5.65. The zero-order chi connectivity index (χ0) is 24.9. The molecule has 0 bridgehead atoms. The molecule has 2 aromatic rings. The summed E-state index contributed by atoms with van der Waals surface area (Å²) in [6.45, 7) is 2.45. The first-order chi connectivity index (χ1) is 17.0. The van der Waals surface area contributed by atoms with Gasteiger partial charge in [0.05, 0.1) is 5.92 Å². The minimum atomic E-state index is -0.877. The average molecular weight is 497 g/mol. The molecule has 186 valence electrons. The number of benzene rings is 2. The number of carboxylic acid groups (broad SMARTS) is 1. The normalized spacial score (nSPS) is 19.7. The van der Waals surface area contributed by atoms with Gasteiger partial charge in [-0.05, 0) is 53.5 Å². The molecule has 7 nitrogen and oxygen atoms in total. The van der Waals surface area contributed by atoms with E-state index in [2.05, 4.69) is 29.6 Å². The van der Waals surface area contributed by atoms with Crippen molar-refractivity contribution in [1.29, 1.82) is 0 Å². The second kappa shape index (κ2) is 11.2. The number of likely N-dealkylation sites (tertiary alicyclic amines) is 1. The lowest BCUT2D eigenvalue weighted by Gasteiger charge is -2.30. The molecule has 2 amide bonds. The molecule has 2 aliphatic rings. The number of hydrogen-bond donors (Lipinski definition) is 2. The maximum absolute atomic E-state index is 13.4. The highest BCUT2D eigenvalue weighted by atomic mass is 32.2. The molecule has 1 saturated heterocycles.